The van der Waals surface area contributed by atoms with Crippen LogP contribution < -0.4 is 10.1 Å². The van der Waals surface area contributed by atoms with E-state index in [4.69, 9.17) is 9.47 Å². The first-order chi connectivity index (χ1) is 11.2. The summed E-state index contributed by atoms with van der Waals surface area (Å²) in [6, 6.07) is 8.12. The molecule has 23 heavy (non-hydrogen) atoms. The van der Waals surface area contributed by atoms with E-state index in [1.54, 1.807) is 19.3 Å². The Hall–Kier alpha value is -2.07. The SMILES string of the molecule is C/C=C/C=C/C(=O)NCC1(c2ccc(OC)cc2)CCOCC1. The van der Waals surface area contributed by atoms with Crippen LogP contribution in [0.25, 0.3) is 0 Å². The highest BCUT2D eigenvalue weighted by atomic mass is 16.5. The second-order valence-electron chi connectivity index (χ2n) is 5.72. The van der Waals surface area contributed by atoms with Gasteiger partial charge in [-0.15, -0.1) is 0 Å². The number of carbonyl (C=O) groups excluding carboxylic acids is 1. The average Bonchev–Trinajstić information content (AvgIpc) is 2.61. The van der Waals surface area contributed by atoms with E-state index in [2.05, 4.69) is 17.4 Å². The Labute approximate surface area is 138 Å². The fourth-order valence-electron chi connectivity index (χ4n) is 2.84. The van der Waals surface area contributed by atoms with Crippen molar-refractivity contribution < 1.29 is 14.3 Å². The smallest absolute Gasteiger partial charge is 0.244 e. The molecule has 0 saturated carbocycles. The summed E-state index contributed by atoms with van der Waals surface area (Å²) in [6.45, 7) is 3.97. The lowest BCUT2D eigenvalue weighted by Crippen LogP contribution is -2.44. The van der Waals surface area contributed by atoms with Crippen molar-refractivity contribution in [3.8, 4) is 5.75 Å². The maximum absolute atomic E-state index is 12.0. The molecule has 1 amide bonds. The number of hydrogen-bond donors (Lipinski definition) is 1. The van der Waals surface area contributed by atoms with E-state index in [-0.39, 0.29) is 11.3 Å². The van der Waals surface area contributed by atoms with Crippen molar-refractivity contribution in [2.75, 3.05) is 26.9 Å². The molecule has 1 fully saturated rings. The molecular formula is C19H25NO3. The Morgan fingerprint density at radius 1 is 1.26 bits per heavy atom. The van der Waals surface area contributed by atoms with Gasteiger partial charge >= 0.3 is 0 Å². The average molecular weight is 315 g/mol. The molecule has 0 bridgehead atoms. The summed E-state index contributed by atoms with van der Waals surface area (Å²) >= 11 is 0. The molecule has 0 aliphatic carbocycles. The molecule has 1 aromatic rings. The summed E-state index contributed by atoms with van der Waals surface area (Å²) in [5, 5.41) is 3.03. The van der Waals surface area contributed by atoms with Gasteiger partial charge in [0.1, 0.15) is 5.75 Å². The van der Waals surface area contributed by atoms with E-state index in [0.29, 0.717) is 6.54 Å². The third-order valence-corrected chi connectivity index (χ3v) is 4.30. The Morgan fingerprint density at radius 2 is 1.96 bits per heavy atom. The standard InChI is InChI=1S/C19H25NO3/c1-3-4-5-6-18(21)20-15-19(11-13-23-14-12-19)16-7-9-17(22-2)10-8-16/h3-10H,11-15H2,1-2H3,(H,20,21)/b4-3+,6-5+. The van der Waals surface area contributed by atoms with Gasteiger partial charge in [0.05, 0.1) is 7.11 Å². The fourth-order valence-corrected chi connectivity index (χ4v) is 2.84. The maximum Gasteiger partial charge on any atom is 0.244 e. The van der Waals surface area contributed by atoms with Crippen LogP contribution in [-0.2, 0) is 14.9 Å². The zero-order valence-electron chi connectivity index (χ0n) is 13.9. The molecule has 0 spiro atoms. The van der Waals surface area contributed by atoms with Crippen molar-refractivity contribution in [3.05, 3.63) is 54.1 Å². The molecule has 4 nitrogen and oxygen atoms in total. The number of amides is 1. The number of allylic oxidation sites excluding steroid dienone is 3. The minimum Gasteiger partial charge on any atom is -0.497 e. The summed E-state index contributed by atoms with van der Waals surface area (Å²) in [5.41, 5.74) is 1.15. The fraction of sp³-hybridized carbons (Fsp3) is 0.421. The van der Waals surface area contributed by atoms with E-state index < -0.39 is 0 Å². The first kappa shape index (κ1) is 17.3. The largest absolute Gasteiger partial charge is 0.497 e. The van der Waals surface area contributed by atoms with Crippen LogP contribution >= 0.6 is 0 Å². The Bertz CT molecular complexity index is 554. The van der Waals surface area contributed by atoms with Gasteiger partial charge in [-0.2, -0.15) is 0 Å². The Kier molecular flexibility index (Phi) is 6.41. The molecule has 1 aliphatic heterocycles. The molecule has 2 rings (SSSR count). The number of benzene rings is 1. The van der Waals surface area contributed by atoms with Crippen LogP contribution in [0.5, 0.6) is 5.75 Å². The van der Waals surface area contributed by atoms with E-state index in [1.807, 2.05) is 31.2 Å². The van der Waals surface area contributed by atoms with Crippen molar-refractivity contribution in [1.29, 1.82) is 0 Å². The highest BCUT2D eigenvalue weighted by Gasteiger charge is 2.34. The third kappa shape index (κ3) is 4.70. The third-order valence-electron chi connectivity index (χ3n) is 4.30. The van der Waals surface area contributed by atoms with Crippen LogP contribution in [0.15, 0.2) is 48.6 Å². The normalized spacial score (nSPS) is 17.5. The molecule has 1 saturated heterocycles. The monoisotopic (exact) mass is 315 g/mol. The molecule has 1 heterocycles. The lowest BCUT2D eigenvalue weighted by Gasteiger charge is -2.38. The first-order valence-corrected chi connectivity index (χ1v) is 8.00. The molecule has 1 aliphatic rings. The second kappa shape index (κ2) is 8.53. The number of carbonyl (C=O) groups is 1. The summed E-state index contributed by atoms with van der Waals surface area (Å²) in [7, 11) is 1.66. The van der Waals surface area contributed by atoms with Crippen LogP contribution in [0, 0.1) is 0 Å². The molecule has 4 heteroatoms. The molecule has 124 valence electrons. The predicted octanol–water partition coefficient (Wildman–Crippen LogP) is 2.99. The van der Waals surface area contributed by atoms with Crippen LogP contribution in [-0.4, -0.2) is 32.8 Å². The number of ether oxygens (including phenoxy) is 2. The minimum atomic E-state index is -0.0748. The van der Waals surface area contributed by atoms with Gasteiger partial charge in [-0.25, -0.2) is 0 Å². The molecule has 1 N–H and O–H groups in total. The van der Waals surface area contributed by atoms with Crippen molar-refractivity contribution in [1.82, 2.24) is 5.32 Å². The summed E-state index contributed by atoms with van der Waals surface area (Å²) < 4.78 is 10.7. The van der Waals surface area contributed by atoms with E-state index >= 15 is 0 Å². The van der Waals surface area contributed by atoms with Crippen molar-refractivity contribution in [2.24, 2.45) is 0 Å². The van der Waals surface area contributed by atoms with Crippen LogP contribution in [0.2, 0.25) is 0 Å². The molecule has 0 atom stereocenters. The van der Waals surface area contributed by atoms with Gasteiger partial charge < -0.3 is 14.8 Å². The van der Waals surface area contributed by atoms with E-state index in [9.17, 15) is 4.79 Å². The van der Waals surface area contributed by atoms with Gasteiger partial charge in [-0.05, 0) is 37.5 Å². The Balaban J connectivity index is 2.10. The maximum atomic E-state index is 12.0. The molecular weight excluding hydrogens is 290 g/mol. The van der Waals surface area contributed by atoms with Gasteiger partial charge in [0.15, 0.2) is 0 Å². The van der Waals surface area contributed by atoms with Crippen molar-refractivity contribution in [2.45, 2.75) is 25.2 Å². The molecule has 0 radical (unpaired) electrons. The Morgan fingerprint density at radius 3 is 2.57 bits per heavy atom. The van der Waals surface area contributed by atoms with Gasteiger partial charge in [0.2, 0.25) is 5.91 Å². The summed E-state index contributed by atoms with van der Waals surface area (Å²) in [5.74, 6) is 0.775. The number of rotatable bonds is 6. The predicted molar refractivity (Wildman–Crippen MR) is 91.7 cm³/mol. The van der Waals surface area contributed by atoms with Crippen molar-refractivity contribution in [3.63, 3.8) is 0 Å². The summed E-state index contributed by atoms with van der Waals surface area (Å²) in [6.07, 6.45) is 8.84. The van der Waals surface area contributed by atoms with Crippen LogP contribution in [0.4, 0.5) is 0 Å². The van der Waals surface area contributed by atoms with E-state index in [0.717, 1.165) is 31.8 Å². The number of nitrogens with one attached hydrogen (secondary N) is 1. The van der Waals surface area contributed by atoms with Crippen LogP contribution in [0.3, 0.4) is 0 Å². The molecule has 0 unspecified atom stereocenters. The second-order valence-corrected chi connectivity index (χ2v) is 5.72. The lowest BCUT2D eigenvalue weighted by atomic mass is 9.74. The van der Waals surface area contributed by atoms with Gasteiger partial charge in [0.25, 0.3) is 0 Å². The van der Waals surface area contributed by atoms with Crippen molar-refractivity contribution >= 4 is 5.91 Å². The van der Waals surface area contributed by atoms with Gasteiger partial charge in [-0.3, -0.25) is 4.79 Å². The highest BCUT2D eigenvalue weighted by Crippen LogP contribution is 2.35. The zero-order valence-corrected chi connectivity index (χ0v) is 13.9. The number of methoxy groups -OCH3 is 1. The van der Waals surface area contributed by atoms with Gasteiger partial charge in [-0.1, -0.05) is 30.4 Å². The quantitative estimate of drug-likeness (QED) is 0.648. The van der Waals surface area contributed by atoms with Crippen LogP contribution in [0.1, 0.15) is 25.3 Å². The first-order valence-electron chi connectivity index (χ1n) is 8.00. The topological polar surface area (TPSA) is 47.6 Å². The highest BCUT2D eigenvalue weighted by molar-refractivity contribution is 5.87. The molecule has 0 aromatic heterocycles. The van der Waals surface area contributed by atoms with E-state index in [1.165, 1.54) is 5.56 Å². The number of hydrogen-bond acceptors (Lipinski definition) is 3. The summed E-state index contributed by atoms with van der Waals surface area (Å²) in [4.78, 5) is 12.0. The minimum absolute atomic E-state index is 0.0671. The zero-order chi connectivity index (χ0) is 16.5. The molecule has 1 aromatic carbocycles. The lowest BCUT2D eigenvalue weighted by molar-refractivity contribution is -0.117. The van der Waals surface area contributed by atoms with Gasteiger partial charge in [0, 0.05) is 31.2 Å².